The van der Waals surface area contributed by atoms with E-state index in [1.165, 1.54) is 24.2 Å². The van der Waals surface area contributed by atoms with Gasteiger partial charge in [-0.05, 0) is 36.8 Å². The van der Waals surface area contributed by atoms with Crippen LogP contribution in [0.2, 0.25) is 5.02 Å². The van der Waals surface area contributed by atoms with E-state index in [0.717, 1.165) is 16.0 Å². The van der Waals surface area contributed by atoms with Gasteiger partial charge < -0.3 is 11.1 Å². The minimum Gasteiger partial charge on any atom is -0.397 e. The summed E-state index contributed by atoms with van der Waals surface area (Å²) in [6.45, 7) is 2.90. The maximum Gasteiger partial charge on any atom is 0.263 e. The molecule has 3 rings (SSSR count). The second-order valence-corrected chi connectivity index (χ2v) is 6.94. The fourth-order valence-electron chi connectivity index (χ4n) is 2.46. The van der Waals surface area contributed by atoms with Gasteiger partial charge in [0, 0.05) is 16.6 Å². The number of benzene rings is 1. The molecule has 1 amide bonds. The van der Waals surface area contributed by atoms with Gasteiger partial charge in [0.05, 0.1) is 10.7 Å². The Labute approximate surface area is 127 Å². The number of carbonyl (C=O) groups is 1. The number of rotatable bonds is 4. The average molecular weight is 309 g/mol. The van der Waals surface area contributed by atoms with Gasteiger partial charge in [-0.3, -0.25) is 4.79 Å². The van der Waals surface area contributed by atoms with E-state index < -0.39 is 0 Å². The molecule has 1 unspecified atom stereocenters. The molecule has 5 heteroatoms. The van der Waals surface area contributed by atoms with Crippen LogP contribution in [-0.2, 0) is 0 Å². The molecule has 1 aliphatic carbocycles. The number of hydrogen-bond acceptors (Lipinski definition) is 3. The minimum absolute atomic E-state index is 0.0905. The van der Waals surface area contributed by atoms with E-state index in [4.69, 9.17) is 17.3 Å². The second-order valence-electron chi connectivity index (χ2n) is 5.48. The van der Waals surface area contributed by atoms with Crippen molar-refractivity contribution in [1.29, 1.82) is 0 Å². The lowest BCUT2D eigenvalue weighted by Gasteiger charge is -2.10. The van der Waals surface area contributed by atoms with Crippen LogP contribution >= 0.6 is 22.9 Å². The van der Waals surface area contributed by atoms with Gasteiger partial charge in [-0.15, -0.1) is 11.3 Å². The zero-order valence-corrected chi connectivity index (χ0v) is 12.9. The summed E-state index contributed by atoms with van der Waals surface area (Å²) in [5, 5.41) is 4.38. The number of nitrogens with two attached hydrogens (primary N) is 1. The summed E-state index contributed by atoms with van der Waals surface area (Å²) in [6.07, 6.45) is 2.58. The molecule has 1 aromatic heterocycles. The minimum atomic E-state index is -0.0905. The molecule has 3 N–H and O–H groups in total. The first-order valence-corrected chi connectivity index (χ1v) is 8.02. The zero-order valence-electron chi connectivity index (χ0n) is 11.3. The molecule has 106 valence electrons. The molecule has 2 aromatic rings. The molecule has 20 heavy (non-hydrogen) atoms. The third-order valence-corrected chi connectivity index (χ3v) is 5.40. The fourth-order valence-corrected chi connectivity index (χ4v) is 3.86. The quantitative estimate of drug-likeness (QED) is 0.899. The van der Waals surface area contributed by atoms with Crippen molar-refractivity contribution in [3.63, 3.8) is 0 Å². The van der Waals surface area contributed by atoms with Gasteiger partial charge in [0.25, 0.3) is 5.91 Å². The van der Waals surface area contributed by atoms with Crippen LogP contribution in [0.4, 0.5) is 5.69 Å². The number of nitrogen functional groups attached to an aromatic ring is 1. The smallest absolute Gasteiger partial charge is 0.263 e. The molecule has 1 atom stereocenters. The Morgan fingerprint density at radius 2 is 2.30 bits per heavy atom. The van der Waals surface area contributed by atoms with Gasteiger partial charge in [-0.1, -0.05) is 24.6 Å². The Morgan fingerprint density at radius 3 is 2.95 bits per heavy atom. The lowest BCUT2D eigenvalue weighted by molar-refractivity contribution is 0.0951. The molecular weight excluding hydrogens is 292 g/mol. The van der Waals surface area contributed by atoms with Crippen molar-refractivity contribution in [3.8, 4) is 0 Å². The third kappa shape index (κ3) is 2.50. The topological polar surface area (TPSA) is 55.1 Å². The van der Waals surface area contributed by atoms with Gasteiger partial charge in [0.1, 0.15) is 4.88 Å². The Morgan fingerprint density at radius 1 is 1.55 bits per heavy atom. The van der Waals surface area contributed by atoms with Crippen LogP contribution < -0.4 is 11.1 Å². The van der Waals surface area contributed by atoms with Crippen LogP contribution in [0.3, 0.4) is 0 Å². The fraction of sp³-hybridized carbons (Fsp3) is 0.400. The van der Waals surface area contributed by atoms with E-state index >= 15 is 0 Å². The number of hydrogen-bond donors (Lipinski definition) is 2. The first kappa shape index (κ1) is 13.7. The normalized spacial score (nSPS) is 16.3. The van der Waals surface area contributed by atoms with Crippen molar-refractivity contribution in [1.82, 2.24) is 5.32 Å². The molecule has 0 bridgehead atoms. The van der Waals surface area contributed by atoms with Gasteiger partial charge in [-0.25, -0.2) is 0 Å². The first-order valence-electron chi connectivity index (χ1n) is 6.82. The molecule has 1 fully saturated rings. The number of thiophene rings is 1. The molecule has 1 heterocycles. The predicted molar refractivity (Wildman–Crippen MR) is 85.5 cm³/mol. The van der Waals surface area contributed by atoms with Crippen molar-refractivity contribution in [3.05, 3.63) is 28.1 Å². The lowest BCUT2D eigenvalue weighted by Crippen LogP contribution is -2.28. The Hall–Kier alpha value is -1.26. The molecule has 0 spiro atoms. The molecule has 1 aromatic carbocycles. The highest BCUT2D eigenvalue weighted by atomic mass is 35.5. The van der Waals surface area contributed by atoms with E-state index in [1.807, 2.05) is 12.1 Å². The Kier molecular flexibility index (Phi) is 3.61. The summed E-state index contributed by atoms with van der Waals surface area (Å²) in [5.41, 5.74) is 6.58. The summed E-state index contributed by atoms with van der Waals surface area (Å²) in [4.78, 5) is 12.8. The van der Waals surface area contributed by atoms with Crippen molar-refractivity contribution in [2.45, 2.75) is 19.8 Å². The van der Waals surface area contributed by atoms with Crippen molar-refractivity contribution in [2.75, 3.05) is 12.3 Å². The highest BCUT2D eigenvalue weighted by Gasteiger charge is 2.28. The number of carbonyl (C=O) groups excluding carboxylic acids is 1. The summed E-state index contributed by atoms with van der Waals surface area (Å²) in [7, 11) is 0. The summed E-state index contributed by atoms with van der Waals surface area (Å²) in [5.74, 6) is 1.23. The van der Waals surface area contributed by atoms with Crippen LogP contribution in [0.5, 0.6) is 0 Å². The number of amides is 1. The van der Waals surface area contributed by atoms with Gasteiger partial charge in [0.2, 0.25) is 0 Å². The monoisotopic (exact) mass is 308 g/mol. The largest absolute Gasteiger partial charge is 0.397 e. The summed E-state index contributed by atoms with van der Waals surface area (Å²) >= 11 is 7.55. The molecular formula is C15H17ClN2OS. The maximum absolute atomic E-state index is 12.3. The third-order valence-electron chi connectivity index (χ3n) is 3.92. The molecule has 1 saturated carbocycles. The van der Waals surface area contributed by atoms with Gasteiger partial charge >= 0.3 is 0 Å². The second kappa shape index (κ2) is 5.26. The van der Waals surface area contributed by atoms with E-state index in [1.54, 1.807) is 6.07 Å². The van der Waals surface area contributed by atoms with Crippen molar-refractivity contribution in [2.24, 2.45) is 11.8 Å². The standard InChI is InChI=1S/C15H17ClN2OS/c1-8(9-5-6-9)7-18-15(19)14-13(17)12-10(16)3-2-4-11(12)20-14/h2-4,8-9H,5-7,17H2,1H3,(H,18,19). The molecule has 0 radical (unpaired) electrons. The highest BCUT2D eigenvalue weighted by molar-refractivity contribution is 7.21. The lowest BCUT2D eigenvalue weighted by atomic mass is 10.1. The van der Waals surface area contributed by atoms with Crippen LogP contribution in [-0.4, -0.2) is 12.5 Å². The molecule has 1 aliphatic rings. The van der Waals surface area contributed by atoms with Crippen LogP contribution in [0.15, 0.2) is 18.2 Å². The summed E-state index contributed by atoms with van der Waals surface area (Å²) in [6, 6.07) is 5.60. The van der Waals surface area contributed by atoms with Gasteiger partial charge in [0.15, 0.2) is 0 Å². The first-order chi connectivity index (χ1) is 9.58. The Balaban J connectivity index is 1.80. The van der Waals surface area contributed by atoms with Crippen molar-refractivity contribution >= 4 is 44.6 Å². The molecule has 0 aliphatic heterocycles. The Bertz CT molecular complexity index is 663. The van der Waals surface area contributed by atoms with Gasteiger partial charge in [-0.2, -0.15) is 0 Å². The molecule has 3 nitrogen and oxygen atoms in total. The number of fused-ring (bicyclic) bond motifs is 1. The SMILES string of the molecule is CC(CNC(=O)c1sc2cccc(Cl)c2c1N)C1CC1. The van der Waals surface area contributed by atoms with Crippen LogP contribution in [0, 0.1) is 11.8 Å². The van der Waals surface area contributed by atoms with E-state index in [2.05, 4.69) is 12.2 Å². The van der Waals surface area contributed by atoms with Crippen molar-refractivity contribution < 1.29 is 4.79 Å². The van der Waals surface area contributed by atoms with E-state index in [0.29, 0.717) is 28.0 Å². The van der Waals surface area contributed by atoms with Crippen LogP contribution in [0.1, 0.15) is 29.4 Å². The number of anilines is 1. The number of nitrogens with one attached hydrogen (secondary N) is 1. The van der Waals surface area contributed by atoms with E-state index in [-0.39, 0.29) is 5.91 Å². The average Bonchev–Trinajstić information content (AvgIpc) is 3.21. The summed E-state index contributed by atoms with van der Waals surface area (Å²) < 4.78 is 0.954. The number of halogens is 1. The van der Waals surface area contributed by atoms with E-state index in [9.17, 15) is 4.79 Å². The maximum atomic E-state index is 12.3. The highest BCUT2D eigenvalue weighted by Crippen LogP contribution is 2.38. The predicted octanol–water partition coefficient (Wildman–Crippen LogP) is 3.91. The van der Waals surface area contributed by atoms with Crippen LogP contribution in [0.25, 0.3) is 10.1 Å². The molecule has 0 saturated heterocycles. The zero-order chi connectivity index (χ0) is 14.3.